The molecular formula is C19H26N4OS2. The Balaban J connectivity index is 1.90. The predicted molar refractivity (Wildman–Crippen MR) is 111 cm³/mol. The van der Waals surface area contributed by atoms with Gasteiger partial charge < -0.3 is 10.6 Å². The molecule has 0 aliphatic rings. The Morgan fingerprint density at radius 3 is 2.65 bits per heavy atom. The summed E-state index contributed by atoms with van der Waals surface area (Å²) >= 11 is 2.85. The Hall–Kier alpha value is -1.86. The number of hydrogen-bond acceptors (Lipinski definition) is 6. The van der Waals surface area contributed by atoms with Crippen molar-refractivity contribution in [2.24, 2.45) is 5.92 Å². The second-order valence-corrected chi connectivity index (χ2v) is 8.42. The van der Waals surface area contributed by atoms with Gasteiger partial charge in [0.25, 0.3) is 0 Å². The van der Waals surface area contributed by atoms with E-state index in [1.54, 1.807) is 6.08 Å². The average molecular weight is 391 g/mol. The van der Waals surface area contributed by atoms with Gasteiger partial charge in [0.15, 0.2) is 4.34 Å². The largest absolute Gasteiger partial charge is 0.357 e. The van der Waals surface area contributed by atoms with E-state index < -0.39 is 0 Å². The summed E-state index contributed by atoms with van der Waals surface area (Å²) < 4.78 is 0.778. The van der Waals surface area contributed by atoms with Crippen molar-refractivity contribution in [3.05, 3.63) is 48.0 Å². The van der Waals surface area contributed by atoms with Gasteiger partial charge in [-0.1, -0.05) is 74.2 Å². The molecular weight excluding hydrogens is 364 g/mol. The van der Waals surface area contributed by atoms with E-state index >= 15 is 0 Å². The Labute approximate surface area is 163 Å². The summed E-state index contributed by atoms with van der Waals surface area (Å²) in [6, 6.07) is 8.49. The van der Waals surface area contributed by atoms with Crippen LogP contribution >= 0.6 is 23.1 Å². The van der Waals surface area contributed by atoms with Crippen LogP contribution in [-0.4, -0.2) is 28.4 Å². The van der Waals surface area contributed by atoms with Crippen LogP contribution in [0, 0.1) is 5.92 Å². The van der Waals surface area contributed by atoms with Gasteiger partial charge in [0.1, 0.15) is 0 Å². The van der Waals surface area contributed by atoms with Crippen LogP contribution in [-0.2, 0) is 11.2 Å². The van der Waals surface area contributed by atoms with Crippen LogP contribution in [0.15, 0.2) is 41.3 Å². The summed E-state index contributed by atoms with van der Waals surface area (Å²) in [5.41, 5.74) is 2.44. The minimum Gasteiger partial charge on any atom is -0.357 e. The SMILES string of the molecule is C=CCNc1nnc(SCC(=O)N[C@H](c2ccc(CC)cc2)C(C)C)s1. The third kappa shape index (κ3) is 6.14. The topological polar surface area (TPSA) is 66.9 Å². The number of carbonyl (C=O) groups is 1. The molecule has 2 N–H and O–H groups in total. The summed E-state index contributed by atoms with van der Waals surface area (Å²) in [6.45, 7) is 10.7. The number of rotatable bonds is 10. The van der Waals surface area contributed by atoms with Gasteiger partial charge in [-0.15, -0.1) is 16.8 Å². The minimum absolute atomic E-state index is 0.00377. The van der Waals surface area contributed by atoms with Gasteiger partial charge in [0.2, 0.25) is 11.0 Å². The molecule has 2 rings (SSSR count). The fourth-order valence-electron chi connectivity index (χ4n) is 2.44. The Morgan fingerprint density at radius 2 is 2.04 bits per heavy atom. The lowest BCUT2D eigenvalue weighted by molar-refractivity contribution is -0.119. The number of nitrogens with one attached hydrogen (secondary N) is 2. The van der Waals surface area contributed by atoms with Gasteiger partial charge in [0, 0.05) is 6.54 Å². The molecule has 7 heteroatoms. The molecule has 0 aliphatic carbocycles. The highest BCUT2D eigenvalue weighted by Gasteiger charge is 2.19. The van der Waals surface area contributed by atoms with E-state index in [0.717, 1.165) is 21.5 Å². The van der Waals surface area contributed by atoms with Crippen LogP contribution in [0.2, 0.25) is 0 Å². The van der Waals surface area contributed by atoms with Crippen molar-refractivity contribution in [3.8, 4) is 0 Å². The lowest BCUT2D eigenvalue weighted by Crippen LogP contribution is -2.33. The first-order valence-electron chi connectivity index (χ1n) is 8.72. The maximum absolute atomic E-state index is 12.4. The summed E-state index contributed by atoms with van der Waals surface area (Å²) in [5, 5.41) is 15.1. The second kappa shape index (κ2) is 10.3. The van der Waals surface area contributed by atoms with E-state index in [9.17, 15) is 4.79 Å². The normalized spacial score (nSPS) is 12.0. The zero-order chi connectivity index (χ0) is 18.9. The van der Waals surface area contributed by atoms with Gasteiger partial charge in [-0.05, 0) is 23.5 Å². The molecule has 140 valence electrons. The summed E-state index contributed by atoms with van der Waals surface area (Å²) in [5.74, 6) is 0.642. The number of carbonyl (C=O) groups excluding carboxylic acids is 1. The number of aromatic nitrogens is 2. The molecule has 2 aromatic rings. The Morgan fingerprint density at radius 1 is 1.31 bits per heavy atom. The van der Waals surface area contributed by atoms with Crippen molar-refractivity contribution < 1.29 is 4.79 Å². The smallest absolute Gasteiger partial charge is 0.230 e. The molecule has 5 nitrogen and oxygen atoms in total. The van der Waals surface area contributed by atoms with Gasteiger partial charge >= 0.3 is 0 Å². The molecule has 1 heterocycles. The predicted octanol–water partition coefficient (Wildman–Crippen LogP) is 4.30. The number of thioether (sulfide) groups is 1. The molecule has 0 radical (unpaired) electrons. The van der Waals surface area contributed by atoms with Gasteiger partial charge in [-0.25, -0.2) is 0 Å². The summed E-state index contributed by atoms with van der Waals surface area (Å²) in [6.07, 6.45) is 2.78. The second-order valence-electron chi connectivity index (χ2n) is 6.22. The molecule has 0 saturated heterocycles. The third-order valence-corrected chi connectivity index (χ3v) is 5.88. The lowest BCUT2D eigenvalue weighted by Gasteiger charge is -2.23. The molecule has 0 fully saturated rings. The minimum atomic E-state index is 0.00377. The molecule has 26 heavy (non-hydrogen) atoms. The zero-order valence-electron chi connectivity index (χ0n) is 15.5. The molecule has 0 aliphatic heterocycles. The first-order valence-corrected chi connectivity index (χ1v) is 10.5. The molecule has 0 unspecified atom stereocenters. The molecule has 1 aromatic heterocycles. The molecule has 1 atom stereocenters. The van der Waals surface area contributed by atoms with E-state index in [4.69, 9.17) is 0 Å². The number of aryl methyl sites for hydroxylation is 1. The first kappa shape index (κ1) is 20.5. The van der Waals surface area contributed by atoms with Crippen LogP contribution < -0.4 is 10.6 Å². The van der Waals surface area contributed by atoms with Crippen LogP contribution in [0.3, 0.4) is 0 Å². The van der Waals surface area contributed by atoms with Crippen molar-refractivity contribution in [2.45, 2.75) is 37.6 Å². The van der Waals surface area contributed by atoms with Gasteiger partial charge in [-0.3, -0.25) is 4.79 Å². The lowest BCUT2D eigenvalue weighted by atomic mass is 9.95. The average Bonchev–Trinajstić information content (AvgIpc) is 3.10. The van der Waals surface area contributed by atoms with E-state index in [-0.39, 0.29) is 11.9 Å². The monoisotopic (exact) mass is 390 g/mol. The van der Waals surface area contributed by atoms with Crippen LogP contribution in [0.5, 0.6) is 0 Å². The molecule has 1 amide bonds. The maximum atomic E-state index is 12.4. The number of nitrogens with zero attached hydrogens (tertiary/aromatic N) is 2. The standard InChI is InChI=1S/C19H26N4OS2/c1-5-11-20-18-22-23-19(26-18)25-12-16(24)21-17(13(3)4)15-9-7-14(6-2)8-10-15/h5,7-10,13,17H,1,6,11-12H2,2-4H3,(H,20,22)(H,21,24)/t17-/m0/s1. The fourth-order valence-corrected chi connectivity index (χ4v) is 4.01. The molecule has 0 spiro atoms. The van der Waals surface area contributed by atoms with Gasteiger partial charge in [-0.2, -0.15) is 0 Å². The number of anilines is 1. The highest BCUT2D eigenvalue weighted by Crippen LogP contribution is 2.26. The fraction of sp³-hybridized carbons (Fsp3) is 0.421. The maximum Gasteiger partial charge on any atom is 0.230 e. The molecule has 0 saturated carbocycles. The number of amides is 1. The third-order valence-electron chi connectivity index (χ3n) is 3.86. The van der Waals surface area contributed by atoms with Crippen molar-refractivity contribution >= 4 is 34.1 Å². The van der Waals surface area contributed by atoms with Crippen molar-refractivity contribution in [1.82, 2.24) is 15.5 Å². The highest BCUT2D eigenvalue weighted by molar-refractivity contribution is 8.01. The van der Waals surface area contributed by atoms with E-state index in [1.807, 2.05) is 0 Å². The van der Waals surface area contributed by atoms with E-state index in [2.05, 4.69) is 72.4 Å². The Bertz CT molecular complexity index is 713. The molecule has 0 bridgehead atoms. The van der Waals surface area contributed by atoms with Gasteiger partial charge in [0.05, 0.1) is 11.8 Å². The van der Waals surface area contributed by atoms with Crippen molar-refractivity contribution in [1.29, 1.82) is 0 Å². The van der Waals surface area contributed by atoms with Crippen LogP contribution in [0.25, 0.3) is 0 Å². The molecule has 1 aromatic carbocycles. The number of hydrogen-bond donors (Lipinski definition) is 2. The van der Waals surface area contributed by atoms with Crippen LogP contribution in [0.1, 0.15) is 37.9 Å². The van der Waals surface area contributed by atoms with E-state index in [0.29, 0.717) is 18.2 Å². The van der Waals surface area contributed by atoms with Crippen molar-refractivity contribution in [2.75, 3.05) is 17.6 Å². The van der Waals surface area contributed by atoms with Crippen LogP contribution in [0.4, 0.5) is 5.13 Å². The zero-order valence-corrected chi connectivity index (χ0v) is 17.1. The van der Waals surface area contributed by atoms with Crippen molar-refractivity contribution in [3.63, 3.8) is 0 Å². The summed E-state index contributed by atoms with van der Waals surface area (Å²) in [4.78, 5) is 12.4. The summed E-state index contributed by atoms with van der Waals surface area (Å²) in [7, 11) is 0. The first-order chi connectivity index (χ1) is 12.5. The highest BCUT2D eigenvalue weighted by atomic mass is 32.2. The number of benzene rings is 1. The quantitative estimate of drug-likeness (QED) is 0.467. The Kier molecular flexibility index (Phi) is 8.12. The van der Waals surface area contributed by atoms with E-state index in [1.165, 1.54) is 28.7 Å².